The molecule has 19 heavy (non-hydrogen) atoms. The van der Waals surface area contributed by atoms with Gasteiger partial charge in [-0.3, -0.25) is 9.84 Å². The average molecular weight is 263 g/mol. The zero-order chi connectivity index (χ0) is 13.7. The molecule has 7 nitrogen and oxygen atoms in total. The van der Waals surface area contributed by atoms with Crippen LogP contribution in [0.1, 0.15) is 19.0 Å². The molecule has 2 aromatic rings. The Morgan fingerprint density at radius 2 is 2.21 bits per heavy atom. The monoisotopic (exact) mass is 263 g/mol. The van der Waals surface area contributed by atoms with Crippen LogP contribution < -0.4 is 20.7 Å². The van der Waals surface area contributed by atoms with E-state index in [0.717, 1.165) is 11.3 Å². The van der Waals surface area contributed by atoms with Crippen molar-refractivity contribution in [2.24, 2.45) is 0 Å². The van der Waals surface area contributed by atoms with Gasteiger partial charge in [0.05, 0.1) is 0 Å². The number of anilines is 2. The molecule has 0 fully saturated rings. The molecule has 0 spiro atoms. The lowest BCUT2D eigenvalue weighted by atomic mass is 10.3. The number of benzene rings is 1. The van der Waals surface area contributed by atoms with E-state index in [-0.39, 0.29) is 5.88 Å². The van der Waals surface area contributed by atoms with E-state index >= 15 is 0 Å². The Balaban J connectivity index is 2.03. The third-order valence-corrected chi connectivity index (χ3v) is 2.41. The molecule has 0 unspecified atom stereocenters. The van der Waals surface area contributed by atoms with Crippen molar-refractivity contribution in [3.63, 3.8) is 0 Å². The van der Waals surface area contributed by atoms with Crippen molar-refractivity contribution in [1.29, 1.82) is 0 Å². The highest BCUT2D eigenvalue weighted by atomic mass is 16.7. The summed E-state index contributed by atoms with van der Waals surface area (Å²) >= 11 is 0. The van der Waals surface area contributed by atoms with Gasteiger partial charge in [0, 0.05) is 12.1 Å². The van der Waals surface area contributed by atoms with E-state index in [2.05, 4.69) is 10.6 Å². The molecule has 3 N–H and O–H groups in total. The van der Waals surface area contributed by atoms with Gasteiger partial charge in [-0.25, -0.2) is 4.79 Å². The van der Waals surface area contributed by atoms with Crippen LogP contribution in [0.15, 0.2) is 34.9 Å². The van der Waals surface area contributed by atoms with Crippen molar-refractivity contribution in [3.05, 3.63) is 36.0 Å². The molecular weight excluding hydrogens is 248 g/mol. The summed E-state index contributed by atoms with van der Waals surface area (Å²) in [5.41, 5.74) is 6.75. The predicted molar refractivity (Wildman–Crippen MR) is 67.1 cm³/mol. The van der Waals surface area contributed by atoms with Crippen LogP contribution in [0.5, 0.6) is 0 Å². The SMILES string of the molecule is CCCc1c(N)on[n+]1OC(=O)Nc1ccccc1. The van der Waals surface area contributed by atoms with E-state index < -0.39 is 6.09 Å². The molecule has 2 rings (SSSR count). The molecule has 0 aliphatic carbocycles. The fraction of sp³-hybridized carbons (Fsp3) is 0.250. The maximum Gasteiger partial charge on any atom is 0.483 e. The Morgan fingerprint density at radius 3 is 2.89 bits per heavy atom. The average Bonchev–Trinajstić information content (AvgIpc) is 2.73. The summed E-state index contributed by atoms with van der Waals surface area (Å²) in [6, 6.07) is 8.95. The molecule has 0 aliphatic rings. The Hall–Kier alpha value is -2.57. The number of carbonyl (C=O) groups excluding carboxylic acids is 1. The third kappa shape index (κ3) is 3.21. The minimum atomic E-state index is -0.665. The number of nitrogen functional groups attached to an aromatic ring is 1. The molecule has 1 aromatic carbocycles. The van der Waals surface area contributed by atoms with E-state index in [1.165, 1.54) is 0 Å². The molecule has 0 saturated heterocycles. The Labute approximate surface area is 109 Å². The highest BCUT2D eigenvalue weighted by molar-refractivity contribution is 5.84. The van der Waals surface area contributed by atoms with Gasteiger partial charge in [0.25, 0.3) is 5.27 Å². The Kier molecular flexibility index (Phi) is 3.97. The molecule has 7 heteroatoms. The number of nitrogens with zero attached hydrogens (tertiary/aromatic N) is 2. The lowest BCUT2D eigenvalue weighted by Crippen LogP contribution is -2.51. The highest BCUT2D eigenvalue weighted by Gasteiger charge is 2.27. The Bertz CT molecular complexity index is 553. The zero-order valence-electron chi connectivity index (χ0n) is 10.5. The summed E-state index contributed by atoms with van der Waals surface area (Å²) in [5, 5.41) is 6.11. The molecule has 0 radical (unpaired) electrons. The smallest absolute Gasteiger partial charge is 0.362 e. The molecule has 0 aliphatic heterocycles. The molecular formula is C12H15N4O3+. The van der Waals surface area contributed by atoms with E-state index in [0.29, 0.717) is 17.8 Å². The summed E-state index contributed by atoms with van der Waals surface area (Å²) in [5.74, 6) is 0.148. The van der Waals surface area contributed by atoms with Crippen molar-refractivity contribution in [3.8, 4) is 0 Å². The van der Waals surface area contributed by atoms with Crippen molar-refractivity contribution < 1.29 is 19.0 Å². The second-order valence-corrected chi connectivity index (χ2v) is 3.88. The van der Waals surface area contributed by atoms with Crippen molar-refractivity contribution in [1.82, 2.24) is 5.27 Å². The number of amides is 1. The zero-order valence-corrected chi connectivity index (χ0v) is 10.5. The van der Waals surface area contributed by atoms with Gasteiger partial charge in [0.1, 0.15) is 0 Å². The number of carbonyl (C=O) groups is 1. The molecule has 0 saturated carbocycles. The van der Waals surface area contributed by atoms with Crippen LogP contribution in [0.2, 0.25) is 0 Å². The van der Waals surface area contributed by atoms with Gasteiger partial charge >= 0.3 is 17.7 Å². The number of aromatic nitrogens is 2. The number of hydrogen-bond acceptors (Lipinski definition) is 5. The van der Waals surface area contributed by atoms with Gasteiger partial charge in [-0.15, -0.1) is 4.84 Å². The number of hydrogen-bond donors (Lipinski definition) is 2. The number of rotatable bonds is 4. The molecule has 1 aromatic heterocycles. The van der Waals surface area contributed by atoms with Crippen LogP contribution in [-0.2, 0) is 6.42 Å². The van der Waals surface area contributed by atoms with Crippen molar-refractivity contribution in [2.75, 3.05) is 11.1 Å². The quantitative estimate of drug-likeness (QED) is 0.807. The maximum absolute atomic E-state index is 11.7. The fourth-order valence-corrected chi connectivity index (χ4v) is 1.55. The summed E-state index contributed by atoms with van der Waals surface area (Å²) in [6.07, 6.45) is 0.769. The minimum Gasteiger partial charge on any atom is -0.362 e. The highest BCUT2D eigenvalue weighted by Crippen LogP contribution is 2.07. The van der Waals surface area contributed by atoms with E-state index in [1.54, 1.807) is 24.3 Å². The third-order valence-electron chi connectivity index (χ3n) is 2.41. The molecule has 1 amide bonds. The van der Waals surface area contributed by atoms with E-state index in [1.807, 2.05) is 13.0 Å². The van der Waals surface area contributed by atoms with Gasteiger partial charge in [0.15, 0.2) is 4.85 Å². The summed E-state index contributed by atoms with van der Waals surface area (Å²) in [7, 11) is 0. The first kappa shape index (κ1) is 12.9. The van der Waals surface area contributed by atoms with Gasteiger partial charge < -0.3 is 5.73 Å². The number of para-hydroxylation sites is 1. The minimum absolute atomic E-state index is 0.148. The van der Waals surface area contributed by atoms with Gasteiger partial charge in [-0.05, 0) is 18.6 Å². The number of nitrogens with two attached hydrogens (primary N) is 1. The molecule has 1 heterocycles. The fourth-order valence-electron chi connectivity index (χ4n) is 1.55. The first-order valence-electron chi connectivity index (χ1n) is 5.91. The van der Waals surface area contributed by atoms with Crippen LogP contribution in [0.4, 0.5) is 16.4 Å². The second-order valence-electron chi connectivity index (χ2n) is 3.88. The lowest BCUT2D eigenvalue weighted by molar-refractivity contribution is -0.923. The topological polar surface area (TPSA) is 94.3 Å². The molecule has 0 bridgehead atoms. The van der Waals surface area contributed by atoms with Crippen LogP contribution in [-0.4, -0.2) is 11.4 Å². The predicted octanol–water partition coefficient (Wildman–Crippen LogP) is 1.16. The Morgan fingerprint density at radius 1 is 1.47 bits per heavy atom. The van der Waals surface area contributed by atoms with Crippen LogP contribution in [0.3, 0.4) is 0 Å². The van der Waals surface area contributed by atoms with Crippen LogP contribution >= 0.6 is 0 Å². The first-order chi connectivity index (χ1) is 9.20. The second kappa shape index (κ2) is 5.85. The molecule has 0 atom stereocenters. The standard InChI is InChI=1S/C12H14N4O3/c1-2-6-10-11(13)18-15-16(10)19-12(17)14-9-7-4-3-5-8-9/h3-5,7-8H,2,6H2,1H3,(H2-,13,14,15,17)/p+1. The van der Waals surface area contributed by atoms with E-state index in [4.69, 9.17) is 15.1 Å². The normalized spacial score (nSPS) is 10.2. The largest absolute Gasteiger partial charge is 0.483 e. The summed E-state index contributed by atoms with van der Waals surface area (Å²) in [4.78, 5) is 17.7. The van der Waals surface area contributed by atoms with E-state index in [9.17, 15) is 4.79 Å². The lowest BCUT2D eigenvalue weighted by Gasteiger charge is -1.99. The van der Waals surface area contributed by atoms with Crippen molar-refractivity contribution >= 4 is 17.7 Å². The van der Waals surface area contributed by atoms with Crippen molar-refractivity contribution in [2.45, 2.75) is 19.8 Å². The molecule has 100 valence electrons. The van der Waals surface area contributed by atoms with Gasteiger partial charge in [-0.1, -0.05) is 25.1 Å². The van der Waals surface area contributed by atoms with Crippen LogP contribution in [0, 0.1) is 0 Å². The van der Waals surface area contributed by atoms with Gasteiger partial charge in [0.2, 0.25) is 0 Å². The summed E-state index contributed by atoms with van der Waals surface area (Å²) < 4.78 is 4.79. The van der Waals surface area contributed by atoms with Crippen LogP contribution in [0.25, 0.3) is 0 Å². The van der Waals surface area contributed by atoms with Gasteiger partial charge in [-0.2, -0.15) is 0 Å². The maximum atomic E-state index is 11.7. The number of nitrogens with one attached hydrogen (secondary N) is 1. The summed E-state index contributed by atoms with van der Waals surface area (Å²) in [6.45, 7) is 1.97. The first-order valence-corrected chi connectivity index (χ1v) is 5.91.